The van der Waals surface area contributed by atoms with E-state index < -0.39 is 29.9 Å². The molecule has 1 aromatic rings. The highest BCUT2D eigenvalue weighted by atomic mass is 32.2. The van der Waals surface area contributed by atoms with Crippen molar-refractivity contribution in [3.05, 3.63) is 24.3 Å². The molecule has 3 unspecified atom stereocenters. The lowest BCUT2D eigenvalue weighted by molar-refractivity contribution is -0.131. The van der Waals surface area contributed by atoms with E-state index in [-0.39, 0.29) is 18.4 Å². The average molecular weight is 550 g/mol. The second-order valence-corrected chi connectivity index (χ2v) is 11.5. The Balaban J connectivity index is 1.74. The van der Waals surface area contributed by atoms with E-state index in [1.165, 1.54) is 23.1 Å². The molecule has 3 rings (SSSR count). The van der Waals surface area contributed by atoms with Crippen LogP contribution in [0.4, 0.5) is 10.5 Å². The first-order valence-electron chi connectivity index (χ1n) is 12.9. The largest absolute Gasteiger partial charge is 0.368 e. The highest BCUT2D eigenvalue weighted by Gasteiger charge is 2.38. The van der Waals surface area contributed by atoms with Gasteiger partial charge in [-0.05, 0) is 55.9 Å². The number of urea groups is 1. The SMILES string of the molecule is CSCC(=O)NC1CCN(C(=O)Nc2cccc(SC)c2)C(C(=O)NC(CC2CCCCC2)C(N)=O)C1. The first-order valence-corrected chi connectivity index (χ1v) is 15.5. The van der Waals surface area contributed by atoms with Crippen LogP contribution in [0.15, 0.2) is 29.2 Å². The molecule has 1 aromatic carbocycles. The summed E-state index contributed by atoms with van der Waals surface area (Å²) in [6.07, 6.45) is 10.6. The molecule has 204 valence electrons. The Bertz CT molecular complexity index is 957. The number of rotatable bonds is 10. The Labute approximate surface area is 227 Å². The highest BCUT2D eigenvalue weighted by molar-refractivity contribution is 7.99. The normalized spacial score (nSPS) is 21.1. The summed E-state index contributed by atoms with van der Waals surface area (Å²) < 4.78 is 0. The lowest BCUT2D eigenvalue weighted by atomic mass is 9.84. The van der Waals surface area contributed by atoms with Gasteiger partial charge in [0.2, 0.25) is 17.7 Å². The Morgan fingerprint density at radius 2 is 1.86 bits per heavy atom. The fraction of sp³-hybridized carbons (Fsp3) is 0.615. The van der Waals surface area contributed by atoms with Gasteiger partial charge in [0, 0.05) is 23.2 Å². The van der Waals surface area contributed by atoms with Crippen LogP contribution in [0.2, 0.25) is 0 Å². The third kappa shape index (κ3) is 8.84. The van der Waals surface area contributed by atoms with Crippen LogP contribution in [0.5, 0.6) is 0 Å². The Morgan fingerprint density at radius 3 is 2.54 bits per heavy atom. The number of anilines is 1. The van der Waals surface area contributed by atoms with Crippen molar-refractivity contribution >= 4 is 53.0 Å². The second-order valence-electron chi connectivity index (χ2n) is 9.80. The van der Waals surface area contributed by atoms with Crippen molar-refractivity contribution in [2.45, 2.75) is 74.4 Å². The van der Waals surface area contributed by atoms with Crippen LogP contribution in [0.1, 0.15) is 51.4 Å². The first kappa shape index (κ1) is 29.2. The zero-order valence-corrected chi connectivity index (χ0v) is 23.3. The second kappa shape index (κ2) is 14.5. The summed E-state index contributed by atoms with van der Waals surface area (Å²) in [5, 5.41) is 8.72. The van der Waals surface area contributed by atoms with Crippen molar-refractivity contribution < 1.29 is 19.2 Å². The number of carbonyl (C=O) groups excluding carboxylic acids is 4. The number of hydrogen-bond acceptors (Lipinski definition) is 6. The smallest absolute Gasteiger partial charge is 0.322 e. The van der Waals surface area contributed by atoms with Gasteiger partial charge in [0.05, 0.1) is 5.75 Å². The van der Waals surface area contributed by atoms with E-state index in [1.54, 1.807) is 17.8 Å². The van der Waals surface area contributed by atoms with Gasteiger partial charge in [-0.1, -0.05) is 38.2 Å². The molecule has 9 nitrogen and oxygen atoms in total. The Kier molecular flexibility index (Phi) is 11.4. The van der Waals surface area contributed by atoms with Gasteiger partial charge in [-0.2, -0.15) is 11.8 Å². The van der Waals surface area contributed by atoms with Gasteiger partial charge in [0.25, 0.3) is 0 Å². The molecule has 0 bridgehead atoms. The standard InChI is InChI=1S/C26H39N5O4S2/c1-36-16-23(32)28-19-11-12-31(26(35)29-18-9-6-10-20(14-18)37-2)22(15-19)25(34)30-21(24(27)33)13-17-7-4-3-5-8-17/h6,9-10,14,17,19,21-22H,3-5,7-8,11-13,15-16H2,1-2H3,(H2,27,33)(H,28,32)(H,29,35)(H,30,34). The zero-order valence-electron chi connectivity index (χ0n) is 21.7. The van der Waals surface area contributed by atoms with Crippen molar-refractivity contribution in [1.29, 1.82) is 0 Å². The third-order valence-electron chi connectivity index (χ3n) is 7.08. The van der Waals surface area contributed by atoms with Crippen LogP contribution in [0.25, 0.3) is 0 Å². The molecule has 1 saturated carbocycles. The zero-order chi connectivity index (χ0) is 26.8. The number of hydrogen-bond donors (Lipinski definition) is 4. The monoisotopic (exact) mass is 549 g/mol. The quantitative estimate of drug-likeness (QED) is 0.331. The minimum Gasteiger partial charge on any atom is -0.368 e. The molecular weight excluding hydrogens is 510 g/mol. The average Bonchev–Trinajstić information content (AvgIpc) is 2.89. The van der Waals surface area contributed by atoms with Gasteiger partial charge >= 0.3 is 6.03 Å². The van der Waals surface area contributed by atoms with Gasteiger partial charge in [-0.3, -0.25) is 14.4 Å². The van der Waals surface area contributed by atoms with Gasteiger partial charge in [0.15, 0.2) is 0 Å². The molecule has 2 fully saturated rings. The van der Waals surface area contributed by atoms with Gasteiger partial charge in [-0.15, -0.1) is 11.8 Å². The van der Waals surface area contributed by atoms with Gasteiger partial charge in [-0.25, -0.2) is 4.79 Å². The molecular formula is C26H39N5O4S2. The van der Waals surface area contributed by atoms with E-state index >= 15 is 0 Å². The van der Waals surface area contributed by atoms with E-state index in [1.807, 2.05) is 30.7 Å². The summed E-state index contributed by atoms with van der Waals surface area (Å²) in [7, 11) is 0. The van der Waals surface area contributed by atoms with Crippen LogP contribution in [-0.2, 0) is 14.4 Å². The first-order chi connectivity index (χ1) is 17.8. The topological polar surface area (TPSA) is 134 Å². The van der Waals surface area contributed by atoms with Crippen LogP contribution < -0.4 is 21.7 Å². The third-order valence-corrected chi connectivity index (χ3v) is 8.36. The lowest BCUT2D eigenvalue weighted by Gasteiger charge is -2.39. The Morgan fingerprint density at radius 1 is 1.11 bits per heavy atom. The van der Waals surface area contributed by atoms with E-state index in [0.29, 0.717) is 36.7 Å². The minimum absolute atomic E-state index is 0.101. The Hall–Kier alpha value is -2.40. The van der Waals surface area contributed by atoms with Crippen molar-refractivity contribution in [2.24, 2.45) is 11.7 Å². The van der Waals surface area contributed by atoms with Crippen molar-refractivity contribution in [2.75, 3.05) is 30.1 Å². The summed E-state index contributed by atoms with van der Waals surface area (Å²) in [6.45, 7) is 0.292. The molecule has 0 spiro atoms. The predicted molar refractivity (Wildman–Crippen MR) is 150 cm³/mol. The molecule has 5 N–H and O–H groups in total. The number of nitrogens with one attached hydrogen (secondary N) is 3. The minimum atomic E-state index is -0.842. The van der Waals surface area contributed by atoms with Gasteiger partial charge < -0.3 is 26.6 Å². The number of likely N-dealkylation sites (tertiary alicyclic amines) is 1. The molecule has 1 aliphatic carbocycles. The van der Waals surface area contributed by atoms with Crippen LogP contribution in [-0.4, -0.2) is 71.6 Å². The predicted octanol–water partition coefficient (Wildman–Crippen LogP) is 3.19. The summed E-state index contributed by atoms with van der Waals surface area (Å²) in [5.41, 5.74) is 6.31. The number of carbonyl (C=O) groups is 4. The van der Waals surface area contributed by atoms with Crippen LogP contribution in [0.3, 0.4) is 0 Å². The molecule has 0 radical (unpaired) electrons. The molecule has 1 heterocycles. The van der Waals surface area contributed by atoms with Crippen LogP contribution >= 0.6 is 23.5 Å². The van der Waals surface area contributed by atoms with Crippen molar-refractivity contribution in [3.8, 4) is 0 Å². The number of nitrogens with two attached hydrogens (primary N) is 1. The van der Waals surface area contributed by atoms with Crippen LogP contribution in [0, 0.1) is 5.92 Å². The van der Waals surface area contributed by atoms with Crippen molar-refractivity contribution in [1.82, 2.24) is 15.5 Å². The maximum Gasteiger partial charge on any atom is 0.322 e. The molecule has 2 aliphatic rings. The maximum atomic E-state index is 13.5. The number of thioether (sulfide) groups is 2. The van der Waals surface area contributed by atoms with E-state index in [0.717, 1.165) is 30.6 Å². The molecule has 5 amide bonds. The fourth-order valence-corrected chi connectivity index (χ4v) is 5.96. The number of amides is 5. The molecule has 11 heteroatoms. The molecule has 1 aliphatic heterocycles. The number of piperidine rings is 1. The summed E-state index contributed by atoms with van der Waals surface area (Å²) in [5.74, 6) is -0.412. The fourth-order valence-electron chi connectivity index (χ4n) is 5.15. The van der Waals surface area contributed by atoms with Gasteiger partial charge in [0.1, 0.15) is 12.1 Å². The summed E-state index contributed by atoms with van der Waals surface area (Å²) in [6, 6.07) is 5.23. The van der Waals surface area contributed by atoms with E-state index in [4.69, 9.17) is 5.73 Å². The summed E-state index contributed by atoms with van der Waals surface area (Å²) in [4.78, 5) is 53.8. The number of primary amides is 1. The molecule has 37 heavy (non-hydrogen) atoms. The number of benzene rings is 1. The summed E-state index contributed by atoms with van der Waals surface area (Å²) >= 11 is 2.99. The number of nitrogens with zero attached hydrogens (tertiary/aromatic N) is 1. The highest BCUT2D eigenvalue weighted by Crippen LogP contribution is 2.28. The molecule has 1 saturated heterocycles. The lowest BCUT2D eigenvalue weighted by Crippen LogP contribution is -2.60. The van der Waals surface area contributed by atoms with E-state index in [9.17, 15) is 19.2 Å². The maximum absolute atomic E-state index is 13.5. The van der Waals surface area contributed by atoms with E-state index in [2.05, 4.69) is 16.0 Å². The van der Waals surface area contributed by atoms with Crippen molar-refractivity contribution in [3.63, 3.8) is 0 Å². The molecule has 0 aromatic heterocycles. The molecule has 3 atom stereocenters.